The maximum Gasteiger partial charge on any atom is 0.276 e. The van der Waals surface area contributed by atoms with Gasteiger partial charge in [0, 0.05) is 16.9 Å². The first-order valence-corrected chi connectivity index (χ1v) is 8.82. The number of rotatable bonds is 6. The summed E-state index contributed by atoms with van der Waals surface area (Å²) in [4.78, 5) is 12.3. The third-order valence-electron chi connectivity index (χ3n) is 3.74. The Balaban J connectivity index is 1.60. The lowest BCUT2D eigenvalue weighted by molar-refractivity contribution is 0.102. The number of hydrogen-bond donors (Lipinski definition) is 1. The Morgan fingerprint density at radius 1 is 1.15 bits per heavy atom. The molecule has 0 saturated carbocycles. The van der Waals surface area contributed by atoms with E-state index >= 15 is 0 Å². The van der Waals surface area contributed by atoms with Crippen LogP contribution in [0.15, 0.2) is 54.7 Å². The van der Waals surface area contributed by atoms with Gasteiger partial charge in [0.25, 0.3) is 5.91 Å². The second kappa shape index (κ2) is 8.25. The van der Waals surface area contributed by atoms with E-state index in [1.165, 1.54) is 10.2 Å². The van der Waals surface area contributed by atoms with Crippen LogP contribution < -0.4 is 10.1 Å². The summed E-state index contributed by atoms with van der Waals surface area (Å²) in [6.07, 6.45) is 2.62. The van der Waals surface area contributed by atoms with Crippen molar-refractivity contribution in [3.63, 3.8) is 0 Å². The van der Waals surface area contributed by atoms with E-state index in [9.17, 15) is 4.79 Å². The van der Waals surface area contributed by atoms with Crippen LogP contribution in [0.5, 0.6) is 5.75 Å². The van der Waals surface area contributed by atoms with Crippen LogP contribution in [0, 0.1) is 0 Å². The molecule has 0 aliphatic heterocycles. The van der Waals surface area contributed by atoms with Gasteiger partial charge in [0.2, 0.25) is 0 Å². The zero-order valence-electron chi connectivity index (χ0n) is 14.1. The van der Waals surface area contributed by atoms with Crippen LogP contribution >= 0.6 is 23.2 Å². The van der Waals surface area contributed by atoms with Crippen LogP contribution in [-0.2, 0) is 13.2 Å². The molecule has 5 nitrogen and oxygen atoms in total. The fraction of sp³-hybridized carbons (Fsp3) is 0.158. The Bertz CT molecular complexity index is 907. The summed E-state index contributed by atoms with van der Waals surface area (Å²) >= 11 is 11.9. The molecule has 2 aromatic carbocycles. The summed E-state index contributed by atoms with van der Waals surface area (Å²) in [5.41, 5.74) is 2.24. The zero-order valence-corrected chi connectivity index (χ0v) is 15.6. The summed E-state index contributed by atoms with van der Waals surface area (Å²) in [5.74, 6) is 0.214. The van der Waals surface area contributed by atoms with Gasteiger partial charge in [-0.1, -0.05) is 42.3 Å². The number of aryl methyl sites for hydroxylation is 1. The number of ether oxygens (including phenoxy) is 1. The summed E-state index contributed by atoms with van der Waals surface area (Å²) in [7, 11) is 0. The second-order valence-electron chi connectivity index (χ2n) is 5.59. The quantitative estimate of drug-likeness (QED) is 0.642. The number of amides is 1. The number of halogens is 2. The Morgan fingerprint density at radius 2 is 1.92 bits per heavy atom. The highest BCUT2D eigenvalue weighted by atomic mass is 35.5. The lowest BCUT2D eigenvalue weighted by Crippen LogP contribution is -2.14. The first-order chi connectivity index (χ1) is 12.5. The predicted molar refractivity (Wildman–Crippen MR) is 103 cm³/mol. The molecule has 134 valence electrons. The Kier molecular flexibility index (Phi) is 5.81. The number of nitrogens with zero attached hydrogens (tertiary/aromatic N) is 2. The summed E-state index contributed by atoms with van der Waals surface area (Å²) in [6.45, 7) is 2.21. The van der Waals surface area contributed by atoms with Crippen molar-refractivity contribution in [3.05, 3.63) is 76.0 Å². The van der Waals surface area contributed by atoms with E-state index in [4.69, 9.17) is 27.9 Å². The minimum atomic E-state index is -0.280. The van der Waals surface area contributed by atoms with Gasteiger partial charge in [0.1, 0.15) is 5.75 Å². The molecule has 1 amide bonds. The van der Waals surface area contributed by atoms with Gasteiger partial charge in [0.05, 0.1) is 5.02 Å². The van der Waals surface area contributed by atoms with Gasteiger partial charge in [-0.3, -0.25) is 4.79 Å². The van der Waals surface area contributed by atoms with E-state index in [1.807, 2.05) is 24.3 Å². The van der Waals surface area contributed by atoms with E-state index in [0.717, 1.165) is 12.1 Å². The number of hydrogen-bond acceptors (Lipinski definition) is 3. The number of benzene rings is 2. The molecule has 0 bridgehead atoms. The van der Waals surface area contributed by atoms with Gasteiger partial charge in [-0.05, 0) is 48.4 Å². The van der Waals surface area contributed by atoms with E-state index in [1.54, 1.807) is 30.5 Å². The molecular formula is C19H17Cl2N3O2. The average Bonchev–Trinajstić information content (AvgIpc) is 3.11. The summed E-state index contributed by atoms with van der Waals surface area (Å²) in [5, 5.41) is 7.98. The molecule has 0 fully saturated rings. The van der Waals surface area contributed by atoms with E-state index < -0.39 is 0 Å². The summed E-state index contributed by atoms with van der Waals surface area (Å²) < 4.78 is 7.11. The third kappa shape index (κ3) is 4.56. The van der Waals surface area contributed by atoms with Crippen molar-refractivity contribution in [1.29, 1.82) is 0 Å². The third-order valence-corrected chi connectivity index (χ3v) is 4.27. The van der Waals surface area contributed by atoms with Crippen molar-refractivity contribution < 1.29 is 9.53 Å². The second-order valence-corrected chi connectivity index (χ2v) is 6.44. The van der Waals surface area contributed by atoms with Crippen molar-refractivity contribution in [2.24, 2.45) is 0 Å². The van der Waals surface area contributed by atoms with Gasteiger partial charge >= 0.3 is 0 Å². The lowest BCUT2D eigenvalue weighted by atomic mass is 10.1. The molecule has 1 heterocycles. The molecule has 7 heteroatoms. The monoisotopic (exact) mass is 389 g/mol. The van der Waals surface area contributed by atoms with Crippen LogP contribution in [0.2, 0.25) is 10.0 Å². The highest BCUT2D eigenvalue weighted by molar-refractivity contribution is 6.35. The standard InChI is InChI=1S/C19H17Cl2N3O2/c1-2-13-3-6-15(7-4-13)22-19(25)17-9-10-24(23-17)12-26-18-8-5-14(20)11-16(18)21/h3-11H,2,12H2,1H3,(H,22,25). The fourth-order valence-electron chi connectivity index (χ4n) is 2.30. The molecule has 1 aromatic heterocycles. The Hall–Kier alpha value is -2.50. The number of nitrogens with one attached hydrogen (secondary N) is 1. The Morgan fingerprint density at radius 3 is 2.62 bits per heavy atom. The average molecular weight is 390 g/mol. The maximum atomic E-state index is 12.3. The Labute approximate surface area is 161 Å². The van der Waals surface area contributed by atoms with Crippen LogP contribution in [0.1, 0.15) is 23.0 Å². The van der Waals surface area contributed by atoms with Crippen molar-refractivity contribution in [2.75, 3.05) is 5.32 Å². The van der Waals surface area contributed by atoms with E-state index in [0.29, 0.717) is 21.5 Å². The van der Waals surface area contributed by atoms with Crippen molar-refractivity contribution in [2.45, 2.75) is 20.1 Å². The summed E-state index contributed by atoms with van der Waals surface area (Å²) in [6, 6.07) is 14.3. The lowest BCUT2D eigenvalue weighted by Gasteiger charge is -2.08. The minimum absolute atomic E-state index is 0.125. The van der Waals surface area contributed by atoms with Gasteiger partial charge in [-0.2, -0.15) is 5.10 Å². The molecule has 0 radical (unpaired) electrons. The van der Waals surface area contributed by atoms with Gasteiger partial charge in [-0.15, -0.1) is 0 Å². The number of aromatic nitrogens is 2. The molecule has 3 rings (SSSR count). The fourth-order valence-corrected chi connectivity index (χ4v) is 2.76. The SMILES string of the molecule is CCc1ccc(NC(=O)c2ccn(COc3ccc(Cl)cc3Cl)n2)cc1. The van der Waals surface area contributed by atoms with Gasteiger partial charge < -0.3 is 10.1 Å². The number of carbonyl (C=O) groups excluding carboxylic acids is 1. The van der Waals surface area contributed by atoms with E-state index in [2.05, 4.69) is 17.3 Å². The zero-order chi connectivity index (χ0) is 18.5. The highest BCUT2D eigenvalue weighted by Gasteiger charge is 2.10. The molecule has 3 aromatic rings. The first-order valence-electron chi connectivity index (χ1n) is 8.06. The number of carbonyl (C=O) groups is 1. The topological polar surface area (TPSA) is 56.2 Å². The van der Waals surface area contributed by atoms with Crippen molar-refractivity contribution >= 4 is 34.8 Å². The van der Waals surface area contributed by atoms with E-state index in [-0.39, 0.29) is 12.6 Å². The predicted octanol–water partition coefficient (Wildman–Crippen LogP) is 5.04. The first kappa shape index (κ1) is 18.3. The van der Waals surface area contributed by atoms with Crippen molar-refractivity contribution in [1.82, 2.24) is 9.78 Å². The largest absolute Gasteiger partial charge is 0.470 e. The van der Waals surface area contributed by atoms with Crippen LogP contribution in [-0.4, -0.2) is 15.7 Å². The molecule has 0 unspecified atom stereocenters. The molecule has 26 heavy (non-hydrogen) atoms. The molecule has 0 spiro atoms. The van der Waals surface area contributed by atoms with Gasteiger partial charge in [0.15, 0.2) is 12.4 Å². The molecule has 0 saturated heterocycles. The van der Waals surface area contributed by atoms with Crippen LogP contribution in [0.25, 0.3) is 0 Å². The maximum absolute atomic E-state index is 12.3. The normalized spacial score (nSPS) is 10.6. The van der Waals surface area contributed by atoms with Crippen molar-refractivity contribution in [3.8, 4) is 5.75 Å². The van der Waals surface area contributed by atoms with Crippen LogP contribution in [0.4, 0.5) is 5.69 Å². The highest BCUT2D eigenvalue weighted by Crippen LogP contribution is 2.27. The van der Waals surface area contributed by atoms with Crippen LogP contribution in [0.3, 0.4) is 0 Å². The molecule has 1 N–H and O–H groups in total. The molecule has 0 aliphatic carbocycles. The minimum Gasteiger partial charge on any atom is -0.470 e. The number of anilines is 1. The van der Waals surface area contributed by atoms with Gasteiger partial charge in [-0.25, -0.2) is 4.68 Å². The molecular weight excluding hydrogens is 373 g/mol. The molecule has 0 aliphatic rings. The molecule has 0 atom stereocenters. The smallest absolute Gasteiger partial charge is 0.276 e.